The summed E-state index contributed by atoms with van der Waals surface area (Å²) in [7, 11) is 0. The van der Waals surface area contributed by atoms with Crippen molar-refractivity contribution in [1.82, 2.24) is 0 Å². The van der Waals surface area contributed by atoms with Crippen LogP contribution >= 0.6 is 0 Å². The Morgan fingerprint density at radius 3 is 1.55 bits per heavy atom. The number of carboxylic acid groups (broad SMARTS) is 1. The summed E-state index contributed by atoms with van der Waals surface area (Å²) >= 11 is 0. The maximum absolute atomic E-state index is 10.3. The molecule has 0 aliphatic carbocycles. The molecule has 0 amide bonds. The highest BCUT2D eigenvalue weighted by molar-refractivity contribution is 5.66. The summed E-state index contributed by atoms with van der Waals surface area (Å²) in [5.74, 6) is -0.715. The number of carboxylic acids is 1. The number of carbonyl (C=O) groups is 1. The van der Waals surface area contributed by atoms with Crippen molar-refractivity contribution in [3.05, 3.63) is 60.8 Å². The van der Waals surface area contributed by atoms with Crippen LogP contribution in [-0.4, -0.2) is 11.1 Å². The average Bonchev–Trinajstić information content (AvgIpc) is 2.50. The minimum absolute atomic E-state index is 0.258. The van der Waals surface area contributed by atoms with E-state index >= 15 is 0 Å². The fourth-order valence-corrected chi connectivity index (χ4v) is 1.74. The molecule has 0 heterocycles. The zero-order valence-corrected chi connectivity index (χ0v) is 13.8. The lowest BCUT2D eigenvalue weighted by atomic mass is 10.2. The largest absolute Gasteiger partial charge is 0.481 e. The molecule has 2 nitrogen and oxygen atoms in total. The maximum atomic E-state index is 10.3. The van der Waals surface area contributed by atoms with Crippen LogP contribution in [0.25, 0.3) is 0 Å². The first-order chi connectivity index (χ1) is 10.8. The van der Waals surface area contributed by atoms with Gasteiger partial charge in [-0.05, 0) is 44.9 Å². The molecule has 0 aromatic heterocycles. The number of hydrogen-bond donors (Lipinski definition) is 1. The van der Waals surface area contributed by atoms with Gasteiger partial charge in [0.25, 0.3) is 0 Å². The third-order valence-corrected chi connectivity index (χ3v) is 2.92. The molecule has 2 heteroatoms. The molecule has 0 bridgehead atoms. The van der Waals surface area contributed by atoms with E-state index in [-0.39, 0.29) is 6.42 Å². The van der Waals surface area contributed by atoms with E-state index in [4.69, 9.17) is 5.11 Å². The second-order valence-electron chi connectivity index (χ2n) is 4.99. The summed E-state index contributed by atoms with van der Waals surface area (Å²) in [6, 6.07) is 0. The molecule has 1 N–H and O–H groups in total. The smallest absolute Gasteiger partial charge is 0.303 e. The van der Waals surface area contributed by atoms with Crippen molar-refractivity contribution in [2.24, 2.45) is 0 Å². The van der Waals surface area contributed by atoms with E-state index in [9.17, 15) is 4.79 Å². The minimum Gasteiger partial charge on any atom is -0.481 e. The fraction of sp³-hybridized carbons (Fsp3) is 0.450. The number of unbranched alkanes of at least 4 members (excludes halogenated alkanes) is 1. The van der Waals surface area contributed by atoms with E-state index in [1.54, 1.807) is 0 Å². The molecule has 0 radical (unpaired) electrons. The first-order valence-corrected chi connectivity index (χ1v) is 8.24. The van der Waals surface area contributed by atoms with E-state index in [1.807, 2.05) is 0 Å². The molecule has 0 aromatic rings. The van der Waals surface area contributed by atoms with E-state index in [0.29, 0.717) is 0 Å². The standard InChI is InChI=1S/C20H30O2/c1-2-3-4-5-6-7-8-9-10-11-12-13-14-15-16-17-18-19-20(21)22/h3-4,6-7,9-10,12-13,15-16H,2,5,8,11,14,17-19H2,1H3,(H,21,22)/b4-3-,7-6-,10-9+,13-12+,16-15-. The van der Waals surface area contributed by atoms with Gasteiger partial charge in [0.1, 0.15) is 0 Å². The second kappa shape index (κ2) is 17.2. The average molecular weight is 302 g/mol. The minimum atomic E-state index is -0.715. The van der Waals surface area contributed by atoms with E-state index in [2.05, 4.69) is 67.7 Å². The first-order valence-electron chi connectivity index (χ1n) is 8.24. The SMILES string of the molecule is CC/C=C\C/C=C\C/C=C/C/C=C/C/C=C\CCCC(=O)O. The van der Waals surface area contributed by atoms with Crippen LogP contribution in [0.5, 0.6) is 0 Å². The second-order valence-corrected chi connectivity index (χ2v) is 4.99. The quantitative estimate of drug-likeness (QED) is 0.335. The molecule has 0 aliphatic heterocycles. The van der Waals surface area contributed by atoms with Crippen molar-refractivity contribution in [2.45, 2.75) is 58.3 Å². The van der Waals surface area contributed by atoms with Gasteiger partial charge < -0.3 is 5.11 Å². The summed E-state index contributed by atoms with van der Waals surface area (Å²) in [6.45, 7) is 2.14. The van der Waals surface area contributed by atoms with Crippen molar-refractivity contribution >= 4 is 5.97 Å². The van der Waals surface area contributed by atoms with Gasteiger partial charge in [0.2, 0.25) is 0 Å². The highest BCUT2D eigenvalue weighted by Gasteiger charge is 1.92. The molecule has 0 saturated heterocycles. The van der Waals surface area contributed by atoms with Gasteiger partial charge in [0.05, 0.1) is 0 Å². The van der Waals surface area contributed by atoms with Gasteiger partial charge in [-0.15, -0.1) is 0 Å². The van der Waals surface area contributed by atoms with Gasteiger partial charge in [-0.3, -0.25) is 4.79 Å². The Hall–Kier alpha value is -1.83. The number of hydrogen-bond acceptors (Lipinski definition) is 1. The molecule has 0 aromatic carbocycles. The lowest BCUT2D eigenvalue weighted by Gasteiger charge is -1.89. The van der Waals surface area contributed by atoms with Gasteiger partial charge in [0.15, 0.2) is 0 Å². The zero-order valence-electron chi connectivity index (χ0n) is 13.8. The lowest BCUT2D eigenvalue weighted by Crippen LogP contribution is -1.92. The Bertz CT molecular complexity index is 398. The summed E-state index contributed by atoms with van der Waals surface area (Å²) in [5, 5.41) is 8.49. The topological polar surface area (TPSA) is 37.3 Å². The molecule has 0 atom stereocenters. The van der Waals surface area contributed by atoms with Crippen LogP contribution < -0.4 is 0 Å². The predicted molar refractivity (Wildman–Crippen MR) is 95.9 cm³/mol. The maximum Gasteiger partial charge on any atom is 0.303 e. The number of rotatable bonds is 13. The zero-order chi connectivity index (χ0) is 16.3. The molecule has 0 aliphatic rings. The molecular weight excluding hydrogens is 272 g/mol. The highest BCUT2D eigenvalue weighted by atomic mass is 16.4. The Morgan fingerprint density at radius 2 is 1.14 bits per heavy atom. The molecule has 0 rings (SSSR count). The first kappa shape index (κ1) is 20.2. The van der Waals surface area contributed by atoms with E-state index < -0.39 is 5.97 Å². The van der Waals surface area contributed by atoms with Crippen LogP contribution in [0.4, 0.5) is 0 Å². The summed E-state index contributed by atoms with van der Waals surface area (Å²) < 4.78 is 0. The van der Waals surface area contributed by atoms with Crippen molar-refractivity contribution in [2.75, 3.05) is 0 Å². The fourth-order valence-electron chi connectivity index (χ4n) is 1.74. The molecule has 0 unspecified atom stereocenters. The van der Waals surface area contributed by atoms with Crippen molar-refractivity contribution in [3.63, 3.8) is 0 Å². The van der Waals surface area contributed by atoms with Gasteiger partial charge in [-0.1, -0.05) is 67.7 Å². The normalized spacial score (nSPS) is 12.8. The van der Waals surface area contributed by atoms with E-state index in [1.165, 1.54) is 0 Å². The Labute approximate surface area is 135 Å². The Balaban J connectivity index is 3.46. The molecule has 0 fully saturated rings. The third-order valence-electron chi connectivity index (χ3n) is 2.92. The summed E-state index contributed by atoms with van der Waals surface area (Å²) in [5.41, 5.74) is 0. The van der Waals surface area contributed by atoms with Crippen molar-refractivity contribution in [1.29, 1.82) is 0 Å². The molecule has 22 heavy (non-hydrogen) atoms. The van der Waals surface area contributed by atoms with Crippen LogP contribution in [0.3, 0.4) is 0 Å². The van der Waals surface area contributed by atoms with Crippen LogP contribution in [0.15, 0.2) is 60.8 Å². The molecule has 0 saturated carbocycles. The van der Waals surface area contributed by atoms with Gasteiger partial charge in [-0.25, -0.2) is 0 Å². The lowest BCUT2D eigenvalue weighted by molar-refractivity contribution is -0.137. The van der Waals surface area contributed by atoms with Crippen molar-refractivity contribution < 1.29 is 9.90 Å². The third kappa shape index (κ3) is 18.2. The monoisotopic (exact) mass is 302 g/mol. The van der Waals surface area contributed by atoms with Gasteiger partial charge >= 0.3 is 5.97 Å². The van der Waals surface area contributed by atoms with Gasteiger partial charge in [-0.2, -0.15) is 0 Å². The Morgan fingerprint density at radius 1 is 0.727 bits per heavy atom. The molecule has 122 valence electrons. The predicted octanol–water partition coefficient (Wildman–Crippen LogP) is 5.99. The van der Waals surface area contributed by atoms with Crippen LogP contribution in [0, 0.1) is 0 Å². The van der Waals surface area contributed by atoms with Crippen LogP contribution in [0.2, 0.25) is 0 Å². The van der Waals surface area contributed by atoms with Crippen LogP contribution in [-0.2, 0) is 4.79 Å². The highest BCUT2D eigenvalue weighted by Crippen LogP contribution is 1.99. The molecule has 0 spiro atoms. The number of allylic oxidation sites excluding steroid dienone is 10. The Kier molecular flexibility index (Phi) is 15.8. The van der Waals surface area contributed by atoms with Crippen LogP contribution in [0.1, 0.15) is 58.3 Å². The van der Waals surface area contributed by atoms with E-state index in [0.717, 1.165) is 44.9 Å². The molecular formula is C20H30O2. The summed E-state index contributed by atoms with van der Waals surface area (Å²) in [6.07, 6.45) is 28.4. The summed E-state index contributed by atoms with van der Waals surface area (Å²) in [4.78, 5) is 10.3. The van der Waals surface area contributed by atoms with Gasteiger partial charge in [0, 0.05) is 6.42 Å². The number of aliphatic carboxylic acids is 1. The van der Waals surface area contributed by atoms with Crippen molar-refractivity contribution in [3.8, 4) is 0 Å².